The Balaban J connectivity index is 1.53. The molecule has 1 aliphatic carbocycles. The van der Waals surface area contributed by atoms with Gasteiger partial charge in [0.1, 0.15) is 13.6 Å². The fourth-order valence-corrected chi connectivity index (χ4v) is 3.85. The van der Waals surface area contributed by atoms with E-state index in [1.165, 1.54) is 18.0 Å². The van der Waals surface area contributed by atoms with Crippen molar-refractivity contribution in [1.82, 2.24) is 15.4 Å². The molecule has 1 atom stereocenters. The summed E-state index contributed by atoms with van der Waals surface area (Å²) in [6, 6.07) is 7.70. The molecule has 1 amide bonds. The summed E-state index contributed by atoms with van der Waals surface area (Å²) >= 11 is 4.72. The number of para-hydroxylation sites is 2. The number of aliphatic hydroxyl groups is 1. The zero-order chi connectivity index (χ0) is 17.8. The van der Waals surface area contributed by atoms with Gasteiger partial charge in [0, 0.05) is 5.57 Å². The average Bonchev–Trinajstić information content (AvgIpc) is 3.00. The number of allylic oxidation sites excluding steroid dienone is 4. The molecule has 3 N–H and O–H groups in total. The standard InChI is InChI=1S/C16H16BBrN4O2S/c17-10-5-9(15(24)11(18)6-10)7-19-22-14(23)8-25-16-20-12-3-1-2-4-13(12)21-16/h1-5,7,11,24H,6,8,17H2,(H,20,21)(H,22,23)/b19-7+. The molecule has 0 bridgehead atoms. The highest BCUT2D eigenvalue weighted by Crippen LogP contribution is 2.25. The number of thioether (sulfide) groups is 1. The number of halogens is 1. The van der Waals surface area contributed by atoms with Crippen LogP contribution in [0.5, 0.6) is 0 Å². The third kappa shape index (κ3) is 4.55. The van der Waals surface area contributed by atoms with Gasteiger partial charge in [0.15, 0.2) is 5.16 Å². The van der Waals surface area contributed by atoms with Gasteiger partial charge in [-0.3, -0.25) is 4.79 Å². The minimum absolute atomic E-state index is 0.113. The van der Waals surface area contributed by atoms with Crippen LogP contribution in [0.1, 0.15) is 6.42 Å². The van der Waals surface area contributed by atoms with Gasteiger partial charge in [-0.15, -0.1) is 5.47 Å². The predicted octanol–water partition coefficient (Wildman–Crippen LogP) is 2.25. The number of carbonyl (C=O) groups excluding carboxylic acids is 1. The number of nitrogens with one attached hydrogen (secondary N) is 2. The molecule has 0 radical (unpaired) electrons. The SMILES string of the molecule is BC1=CC(/C=N/NC(=O)CSc2nc3ccccc3[nH]2)=C(O)C(Br)C1. The summed E-state index contributed by atoms with van der Waals surface area (Å²) in [5.41, 5.74) is 6.00. The van der Waals surface area contributed by atoms with Crippen LogP contribution >= 0.6 is 27.7 Å². The second-order valence-corrected chi connectivity index (χ2v) is 7.71. The molecule has 9 heteroatoms. The summed E-state index contributed by atoms with van der Waals surface area (Å²) in [7, 11) is 1.98. The van der Waals surface area contributed by atoms with Crippen molar-refractivity contribution >= 4 is 58.7 Å². The number of hydrogen-bond donors (Lipinski definition) is 3. The number of aromatic nitrogens is 2. The number of aromatic amines is 1. The fourth-order valence-electron chi connectivity index (χ4n) is 2.40. The normalized spacial score (nSPS) is 18.0. The lowest BCUT2D eigenvalue weighted by Crippen LogP contribution is -2.20. The van der Waals surface area contributed by atoms with Crippen LogP contribution in [0, 0.1) is 0 Å². The van der Waals surface area contributed by atoms with Crippen LogP contribution < -0.4 is 5.43 Å². The highest BCUT2D eigenvalue weighted by atomic mass is 79.9. The minimum Gasteiger partial charge on any atom is -0.510 e. The number of imidazole rings is 1. The van der Waals surface area contributed by atoms with E-state index >= 15 is 0 Å². The van der Waals surface area contributed by atoms with Crippen molar-refractivity contribution in [2.75, 3.05) is 5.75 Å². The summed E-state index contributed by atoms with van der Waals surface area (Å²) in [6.45, 7) is 0. The monoisotopic (exact) mass is 418 g/mol. The molecule has 2 aromatic rings. The third-order valence-corrected chi connectivity index (χ3v) is 5.23. The molecule has 0 saturated carbocycles. The van der Waals surface area contributed by atoms with Gasteiger partial charge in [0.05, 0.1) is 27.8 Å². The van der Waals surface area contributed by atoms with Crippen LogP contribution in [-0.2, 0) is 4.79 Å². The number of fused-ring (bicyclic) bond motifs is 1. The topological polar surface area (TPSA) is 90.4 Å². The molecule has 128 valence electrons. The van der Waals surface area contributed by atoms with Crippen LogP contribution in [0.4, 0.5) is 0 Å². The molecular formula is C16H16BBrN4O2S. The van der Waals surface area contributed by atoms with Gasteiger partial charge in [0.25, 0.3) is 5.91 Å². The predicted molar refractivity (Wildman–Crippen MR) is 107 cm³/mol. The van der Waals surface area contributed by atoms with E-state index in [1.54, 1.807) is 0 Å². The van der Waals surface area contributed by atoms with E-state index in [0.717, 1.165) is 22.9 Å². The molecule has 1 aromatic heterocycles. The van der Waals surface area contributed by atoms with Crippen molar-refractivity contribution in [2.45, 2.75) is 16.4 Å². The average molecular weight is 419 g/mol. The molecule has 0 spiro atoms. The molecule has 0 aliphatic heterocycles. The van der Waals surface area contributed by atoms with Gasteiger partial charge in [-0.1, -0.05) is 45.9 Å². The zero-order valence-electron chi connectivity index (χ0n) is 13.5. The summed E-state index contributed by atoms with van der Waals surface area (Å²) < 4.78 is 0. The molecular weight excluding hydrogens is 403 g/mol. The molecule has 25 heavy (non-hydrogen) atoms. The van der Waals surface area contributed by atoms with Gasteiger partial charge in [0.2, 0.25) is 0 Å². The number of alkyl halides is 1. The van der Waals surface area contributed by atoms with E-state index in [4.69, 9.17) is 0 Å². The molecule has 1 aromatic carbocycles. The van der Waals surface area contributed by atoms with Crippen molar-refractivity contribution in [3.63, 3.8) is 0 Å². The lowest BCUT2D eigenvalue weighted by atomic mass is 9.85. The van der Waals surface area contributed by atoms with Gasteiger partial charge >= 0.3 is 0 Å². The maximum atomic E-state index is 11.9. The van der Waals surface area contributed by atoms with Gasteiger partial charge < -0.3 is 10.1 Å². The van der Waals surface area contributed by atoms with Crippen molar-refractivity contribution in [2.24, 2.45) is 5.10 Å². The minimum atomic E-state index is -0.242. The Morgan fingerprint density at radius 3 is 3.16 bits per heavy atom. The Morgan fingerprint density at radius 1 is 1.56 bits per heavy atom. The van der Waals surface area contributed by atoms with Crippen LogP contribution in [-0.4, -0.2) is 45.6 Å². The molecule has 1 heterocycles. The molecule has 3 rings (SSSR count). The first-order chi connectivity index (χ1) is 12.0. The van der Waals surface area contributed by atoms with E-state index in [1.807, 2.05) is 38.2 Å². The Kier molecular flexibility index (Phi) is 5.65. The van der Waals surface area contributed by atoms with Gasteiger partial charge in [-0.05, 0) is 18.6 Å². The second kappa shape index (κ2) is 7.92. The van der Waals surface area contributed by atoms with E-state index in [2.05, 4.69) is 36.4 Å². The first-order valence-corrected chi connectivity index (χ1v) is 9.57. The maximum Gasteiger partial charge on any atom is 0.250 e. The van der Waals surface area contributed by atoms with E-state index in [-0.39, 0.29) is 22.2 Å². The summed E-state index contributed by atoms with van der Waals surface area (Å²) in [6.07, 6.45) is 4.06. The maximum absolute atomic E-state index is 11.9. The number of carbonyl (C=O) groups is 1. The van der Waals surface area contributed by atoms with Crippen molar-refractivity contribution in [1.29, 1.82) is 0 Å². The number of rotatable bonds is 5. The molecule has 6 nitrogen and oxygen atoms in total. The molecule has 1 aliphatic rings. The van der Waals surface area contributed by atoms with Gasteiger partial charge in [-0.25, -0.2) is 10.4 Å². The van der Waals surface area contributed by atoms with Crippen LogP contribution in [0.3, 0.4) is 0 Å². The first kappa shape index (κ1) is 17.8. The van der Waals surface area contributed by atoms with Crippen LogP contribution in [0.15, 0.2) is 57.4 Å². The lowest BCUT2D eigenvalue weighted by molar-refractivity contribution is -0.118. The van der Waals surface area contributed by atoms with Crippen molar-refractivity contribution < 1.29 is 9.90 Å². The molecule has 0 fully saturated rings. The number of H-pyrrole nitrogens is 1. The quantitative estimate of drug-likeness (QED) is 0.228. The zero-order valence-corrected chi connectivity index (χ0v) is 15.9. The lowest BCUT2D eigenvalue weighted by Gasteiger charge is -2.17. The fraction of sp³-hybridized carbons (Fsp3) is 0.188. The summed E-state index contributed by atoms with van der Waals surface area (Å²) in [4.78, 5) is 19.3. The van der Waals surface area contributed by atoms with Crippen LogP contribution in [0.25, 0.3) is 11.0 Å². The van der Waals surface area contributed by atoms with Crippen LogP contribution in [0.2, 0.25) is 0 Å². The van der Waals surface area contributed by atoms with E-state index in [9.17, 15) is 9.90 Å². The number of hydrazone groups is 1. The number of hydrogen-bond acceptors (Lipinski definition) is 5. The third-order valence-electron chi connectivity index (χ3n) is 3.60. The van der Waals surface area contributed by atoms with Crippen molar-refractivity contribution in [3.05, 3.63) is 47.1 Å². The number of nitrogens with zero attached hydrogens (tertiary/aromatic N) is 2. The summed E-state index contributed by atoms with van der Waals surface area (Å²) in [5.74, 6) is 0.173. The Bertz CT molecular complexity index is 860. The summed E-state index contributed by atoms with van der Waals surface area (Å²) in [5, 5.41) is 14.6. The van der Waals surface area contributed by atoms with Crippen molar-refractivity contribution in [3.8, 4) is 0 Å². The Hall–Kier alpha value is -2.00. The smallest absolute Gasteiger partial charge is 0.250 e. The highest BCUT2D eigenvalue weighted by Gasteiger charge is 2.18. The Morgan fingerprint density at radius 2 is 2.36 bits per heavy atom. The molecule has 1 unspecified atom stereocenters. The highest BCUT2D eigenvalue weighted by molar-refractivity contribution is 9.09. The number of benzene rings is 1. The van der Waals surface area contributed by atoms with E-state index < -0.39 is 0 Å². The number of aliphatic hydroxyl groups excluding tert-OH is 1. The largest absolute Gasteiger partial charge is 0.510 e. The molecule has 0 saturated heterocycles. The first-order valence-electron chi connectivity index (χ1n) is 7.67. The Labute approximate surface area is 158 Å². The number of amides is 1. The van der Waals surface area contributed by atoms with Gasteiger partial charge in [-0.2, -0.15) is 5.10 Å². The second-order valence-electron chi connectivity index (χ2n) is 5.64. The van der Waals surface area contributed by atoms with E-state index in [0.29, 0.717) is 10.7 Å².